The van der Waals surface area contributed by atoms with Gasteiger partial charge in [0.05, 0.1) is 7.11 Å². The van der Waals surface area contributed by atoms with Gasteiger partial charge in [0.15, 0.2) is 6.79 Å². The molecule has 0 aliphatic carbocycles. The molecule has 0 saturated heterocycles. The Kier molecular flexibility index (Phi) is 4.54. The number of hydrogen-bond donors (Lipinski definition) is 0. The Balaban J connectivity index is 3.49. The first kappa shape index (κ1) is 9.83. The molecule has 0 unspecified atom stereocenters. The van der Waals surface area contributed by atoms with Crippen LogP contribution in [0.15, 0.2) is 0 Å². The fraction of sp³-hybridized carbons (Fsp3) is 1.00. The van der Waals surface area contributed by atoms with Gasteiger partial charge in [-0.25, -0.2) is 4.18 Å². The first-order chi connectivity index (χ1) is 4.62. The normalized spacial score (nSPS) is 11.8. The summed E-state index contributed by atoms with van der Waals surface area (Å²) in [6.07, 6.45) is 0. The average molecular weight is 170 g/mol. The van der Waals surface area contributed by atoms with Crippen molar-refractivity contribution in [3.63, 3.8) is 0 Å². The van der Waals surface area contributed by atoms with Gasteiger partial charge in [0.25, 0.3) is 0 Å². The SMILES string of the molecule is CCOCOS(=O)(=O)OC. The van der Waals surface area contributed by atoms with E-state index in [1.807, 2.05) is 0 Å². The van der Waals surface area contributed by atoms with Crippen molar-refractivity contribution in [1.29, 1.82) is 0 Å². The van der Waals surface area contributed by atoms with Crippen LogP contribution in [0.3, 0.4) is 0 Å². The Hall–Kier alpha value is -0.170. The first-order valence-corrected chi connectivity index (χ1v) is 3.98. The van der Waals surface area contributed by atoms with Crippen molar-refractivity contribution in [2.24, 2.45) is 0 Å². The lowest BCUT2D eigenvalue weighted by atomic mass is 10.9. The van der Waals surface area contributed by atoms with Gasteiger partial charge in [-0.2, -0.15) is 8.42 Å². The summed E-state index contributed by atoms with van der Waals surface area (Å²) in [5.74, 6) is 0. The summed E-state index contributed by atoms with van der Waals surface area (Å²) in [6, 6.07) is 0. The summed E-state index contributed by atoms with van der Waals surface area (Å²) in [5.41, 5.74) is 0. The minimum absolute atomic E-state index is 0.299. The van der Waals surface area contributed by atoms with Crippen LogP contribution in [-0.2, 0) is 23.5 Å². The van der Waals surface area contributed by atoms with Crippen LogP contribution in [0.1, 0.15) is 6.92 Å². The lowest BCUT2D eigenvalue weighted by Gasteiger charge is -2.00. The molecule has 0 atom stereocenters. The van der Waals surface area contributed by atoms with Crippen LogP contribution in [0, 0.1) is 0 Å². The molecule has 0 N–H and O–H groups in total. The molecular formula is C4H10O5S. The standard InChI is InChI=1S/C4H10O5S/c1-3-8-4-9-10(5,6)7-2/h3-4H2,1-2H3. The molecule has 0 bridgehead atoms. The zero-order valence-electron chi connectivity index (χ0n) is 5.86. The zero-order chi connectivity index (χ0) is 8.04. The van der Waals surface area contributed by atoms with E-state index in [0.717, 1.165) is 7.11 Å². The molecule has 0 saturated carbocycles. The molecule has 0 aromatic heterocycles. The number of ether oxygens (including phenoxy) is 1. The van der Waals surface area contributed by atoms with Crippen LogP contribution in [-0.4, -0.2) is 28.9 Å². The van der Waals surface area contributed by atoms with E-state index in [0.29, 0.717) is 6.61 Å². The third kappa shape index (κ3) is 4.68. The van der Waals surface area contributed by atoms with Crippen LogP contribution in [0.2, 0.25) is 0 Å². The van der Waals surface area contributed by atoms with Gasteiger partial charge in [0.1, 0.15) is 0 Å². The fourth-order valence-electron chi connectivity index (χ4n) is 0.224. The molecule has 0 heterocycles. The summed E-state index contributed by atoms with van der Waals surface area (Å²) in [5, 5.41) is 0. The van der Waals surface area contributed by atoms with Gasteiger partial charge in [0, 0.05) is 6.61 Å². The van der Waals surface area contributed by atoms with Gasteiger partial charge in [-0.1, -0.05) is 0 Å². The molecule has 0 fully saturated rings. The molecule has 0 aromatic carbocycles. The van der Waals surface area contributed by atoms with Crippen molar-refractivity contribution in [3.05, 3.63) is 0 Å². The van der Waals surface area contributed by atoms with Crippen LogP contribution < -0.4 is 0 Å². The molecule has 10 heavy (non-hydrogen) atoms. The highest BCUT2D eigenvalue weighted by atomic mass is 32.3. The van der Waals surface area contributed by atoms with Crippen molar-refractivity contribution in [3.8, 4) is 0 Å². The smallest absolute Gasteiger partial charge is 0.354 e. The highest BCUT2D eigenvalue weighted by Crippen LogP contribution is 1.92. The van der Waals surface area contributed by atoms with E-state index in [9.17, 15) is 8.42 Å². The zero-order valence-corrected chi connectivity index (χ0v) is 6.68. The fourth-order valence-corrected chi connectivity index (χ4v) is 0.507. The van der Waals surface area contributed by atoms with E-state index < -0.39 is 10.4 Å². The van der Waals surface area contributed by atoms with Crippen LogP contribution in [0.5, 0.6) is 0 Å². The molecule has 0 amide bonds. The molecule has 0 aromatic rings. The summed E-state index contributed by atoms with van der Waals surface area (Å²) < 4.78 is 33.4. The Morgan fingerprint density at radius 1 is 1.40 bits per heavy atom. The quantitative estimate of drug-likeness (QED) is 0.425. The third-order valence-corrected chi connectivity index (χ3v) is 1.48. The molecule has 0 rings (SSSR count). The summed E-state index contributed by atoms with van der Waals surface area (Å²) in [4.78, 5) is 0. The molecule has 5 nitrogen and oxygen atoms in total. The topological polar surface area (TPSA) is 61.8 Å². The third-order valence-electron chi connectivity index (χ3n) is 0.684. The van der Waals surface area contributed by atoms with Crippen molar-refractivity contribution < 1.29 is 21.5 Å². The van der Waals surface area contributed by atoms with Gasteiger partial charge >= 0.3 is 10.4 Å². The van der Waals surface area contributed by atoms with E-state index >= 15 is 0 Å². The van der Waals surface area contributed by atoms with Gasteiger partial charge in [-0.05, 0) is 6.92 Å². The highest BCUT2D eigenvalue weighted by molar-refractivity contribution is 7.81. The van der Waals surface area contributed by atoms with E-state index in [-0.39, 0.29) is 6.79 Å². The minimum Gasteiger partial charge on any atom is -0.354 e. The number of rotatable bonds is 5. The number of hydrogen-bond acceptors (Lipinski definition) is 5. The Labute approximate surface area is 60.2 Å². The van der Waals surface area contributed by atoms with E-state index in [4.69, 9.17) is 0 Å². The lowest BCUT2D eigenvalue weighted by molar-refractivity contribution is 0.0177. The summed E-state index contributed by atoms with van der Waals surface area (Å²) in [7, 11) is -2.80. The van der Waals surface area contributed by atoms with Crippen molar-refractivity contribution in [2.45, 2.75) is 6.92 Å². The molecule has 0 spiro atoms. The van der Waals surface area contributed by atoms with Gasteiger partial charge < -0.3 is 4.74 Å². The lowest BCUT2D eigenvalue weighted by Crippen LogP contribution is -2.10. The molecule has 0 radical (unpaired) electrons. The minimum atomic E-state index is -3.82. The molecular weight excluding hydrogens is 160 g/mol. The second-order valence-corrected chi connectivity index (χ2v) is 2.69. The predicted molar refractivity (Wildman–Crippen MR) is 33.5 cm³/mol. The Morgan fingerprint density at radius 3 is 2.40 bits per heavy atom. The first-order valence-electron chi connectivity index (χ1n) is 2.65. The summed E-state index contributed by atoms with van der Waals surface area (Å²) in [6.45, 7) is 1.83. The highest BCUT2D eigenvalue weighted by Gasteiger charge is 2.06. The molecule has 0 aliphatic rings. The van der Waals surface area contributed by atoms with Gasteiger partial charge in [-0.15, -0.1) is 0 Å². The summed E-state index contributed by atoms with van der Waals surface area (Å²) >= 11 is 0. The Bertz CT molecular complexity index is 160. The molecule has 62 valence electrons. The van der Waals surface area contributed by atoms with Crippen LogP contribution in [0.4, 0.5) is 0 Å². The van der Waals surface area contributed by atoms with Crippen LogP contribution >= 0.6 is 0 Å². The van der Waals surface area contributed by atoms with Gasteiger partial charge in [-0.3, -0.25) is 4.18 Å². The predicted octanol–water partition coefficient (Wildman–Crippen LogP) is -0.112. The maximum atomic E-state index is 10.3. The maximum absolute atomic E-state index is 10.3. The maximum Gasteiger partial charge on any atom is 0.401 e. The van der Waals surface area contributed by atoms with Crippen LogP contribution in [0.25, 0.3) is 0 Å². The van der Waals surface area contributed by atoms with Crippen molar-refractivity contribution in [1.82, 2.24) is 0 Å². The second kappa shape index (κ2) is 4.62. The molecule has 0 aliphatic heterocycles. The van der Waals surface area contributed by atoms with E-state index in [1.165, 1.54) is 0 Å². The van der Waals surface area contributed by atoms with Crippen molar-refractivity contribution >= 4 is 10.4 Å². The average Bonchev–Trinajstić information content (AvgIpc) is 1.89. The van der Waals surface area contributed by atoms with E-state index in [1.54, 1.807) is 6.92 Å². The second-order valence-electron chi connectivity index (χ2n) is 1.30. The largest absolute Gasteiger partial charge is 0.401 e. The molecule has 6 heteroatoms. The van der Waals surface area contributed by atoms with Gasteiger partial charge in [0.2, 0.25) is 0 Å². The Morgan fingerprint density at radius 2 is 2.00 bits per heavy atom. The van der Waals surface area contributed by atoms with Crippen molar-refractivity contribution in [2.75, 3.05) is 20.5 Å². The van der Waals surface area contributed by atoms with E-state index in [2.05, 4.69) is 13.1 Å². The monoisotopic (exact) mass is 170 g/mol.